The van der Waals surface area contributed by atoms with E-state index >= 15 is 0 Å². The summed E-state index contributed by atoms with van der Waals surface area (Å²) in [5.74, 6) is 1.38. The van der Waals surface area contributed by atoms with Crippen molar-refractivity contribution in [2.75, 3.05) is 27.1 Å². The first-order valence-electron chi connectivity index (χ1n) is 12.3. The normalized spacial score (nSPS) is 13.1. The van der Waals surface area contributed by atoms with Crippen LogP contribution < -0.4 is 15.0 Å². The number of ether oxygens (including phenoxy) is 3. The number of rotatable bonds is 8. The van der Waals surface area contributed by atoms with Gasteiger partial charge in [-0.1, -0.05) is 31.2 Å². The highest BCUT2D eigenvalue weighted by Gasteiger charge is 2.28. The maximum atomic E-state index is 13.8. The third-order valence-electron chi connectivity index (χ3n) is 6.66. The molecule has 1 unspecified atom stereocenters. The quantitative estimate of drug-likeness (QED) is 0.354. The van der Waals surface area contributed by atoms with E-state index in [1.807, 2.05) is 49.4 Å². The van der Waals surface area contributed by atoms with Gasteiger partial charge in [-0.15, -0.1) is 0 Å². The van der Waals surface area contributed by atoms with E-state index in [4.69, 9.17) is 19.2 Å². The molecule has 0 radical (unpaired) electrons. The van der Waals surface area contributed by atoms with Crippen molar-refractivity contribution >= 4 is 16.8 Å². The first kappa shape index (κ1) is 24.5. The first-order chi connectivity index (χ1) is 18.0. The number of aryl methyl sites for hydroxylation is 1. The third-order valence-corrected chi connectivity index (χ3v) is 6.66. The van der Waals surface area contributed by atoms with Crippen molar-refractivity contribution in [3.63, 3.8) is 0 Å². The Kier molecular flexibility index (Phi) is 6.92. The second kappa shape index (κ2) is 10.4. The van der Waals surface area contributed by atoms with Gasteiger partial charge in [-0.25, -0.2) is 4.98 Å². The minimum Gasteiger partial charge on any atom is -0.454 e. The number of hydrogen-bond acceptors (Lipinski definition) is 6. The molecule has 1 aliphatic heterocycles. The molecule has 4 aromatic rings. The summed E-state index contributed by atoms with van der Waals surface area (Å²) in [6, 6.07) is 19.7. The Morgan fingerprint density at radius 2 is 1.84 bits per heavy atom. The fourth-order valence-electron chi connectivity index (χ4n) is 4.56. The minimum atomic E-state index is -0.545. The van der Waals surface area contributed by atoms with Gasteiger partial charge in [0.1, 0.15) is 5.82 Å². The third kappa shape index (κ3) is 4.68. The molecule has 0 saturated heterocycles. The minimum absolute atomic E-state index is 0.126. The van der Waals surface area contributed by atoms with Crippen LogP contribution >= 0.6 is 0 Å². The molecule has 3 aromatic carbocycles. The van der Waals surface area contributed by atoms with Crippen molar-refractivity contribution in [3.8, 4) is 17.2 Å². The summed E-state index contributed by atoms with van der Waals surface area (Å²) in [4.78, 5) is 34.2. The Bertz CT molecular complexity index is 1500. The lowest BCUT2D eigenvalue weighted by molar-refractivity contribution is 0.0605. The molecule has 2 heterocycles. The Morgan fingerprint density at radius 3 is 2.59 bits per heavy atom. The SMILES string of the molecule is CCc1ccc(-n2c(C(C)N(CCOC)C(=O)c3ccc4c(c3)OCO4)nc3ccccc3c2=O)cc1. The maximum Gasteiger partial charge on any atom is 0.266 e. The Balaban J connectivity index is 1.63. The van der Waals surface area contributed by atoms with Crippen LogP contribution in [0.25, 0.3) is 16.6 Å². The second-order valence-corrected chi connectivity index (χ2v) is 8.88. The number of fused-ring (bicyclic) bond motifs is 2. The zero-order valence-corrected chi connectivity index (χ0v) is 21.1. The molecule has 8 heteroatoms. The van der Waals surface area contributed by atoms with Gasteiger partial charge in [0.05, 0.1) is 29.2 Å². The zero-order valence-electron chi connectivity index (χ0n) is 21.1. The second-order valence-electron chi connectivity index (χ2n) is 8.88. The molecular weight excluding hydrogens is 470 g/mol. The fourth-order valence-corrected chi connectivity index (χ4v) is 4.56. The average molecular weight is 500 g/mol. The number of benzene rings is 3. The lowest BCUT2D eigenvalue weighted by atomic mass is 10.1. The van der Waals surface area contributed by atoms with Gasteiger partial charge in [-0.05, 0) is 61.4 Å². The lowest BCUT2D eigenvalue weighted by Crippen LogP contribution is -2.39. The molecule has 0 aliphatic carbocycles. The molecule has 190 valence electrons. The van der Waals surface area contributed by atoms with Crippen LogP contribution in [-0.4, -0.2) is 47.4 Å². The van der Waals surface area contributed by atoms with Gasteiger partial charge in [0, 0.05) is 19.2 Å². The molecule has 1 aliphatic rings. The Morgan fingerprint density at radius 1 is 1.08 bits per heavy atom. The van der Waals surface area contributed by atoms with Crippen LogP contribution in [0.4, 0.5) is 0 Å². The number of para-hydroxylation sites is 1. The topological polar surface area (TPSA) is 82.9 Å². The van der Waals surface area contributed by atoms with Crippen LogP contribution in [0.1, 0.15) is 41.6 Å². The summed E-state index contributed by atoms with van der Waals surface area (Å²) in [5, 5.41) is 0.517. The van der Waals surface area contributed by atoms with Gasteiger partial charge >= 0.3 is 0 Å². The van der Waals surface area contributed by atoms with Crippen molar-refractivity contribution < 1.29 is 19.0 Å². The number of carbonyl (C=O) groups excluding carboxylic acids is 1. The van der Waals surface area contributed by atoms with Crippen LogP contribution in [0.2, 0.25) is 0 Å². The van der Waals surface area contributed by atoms with E-state index in [-0.39, 0.29) is 18.3 Å². The van der Waals surface area contributed by atoms with Crippen molar-refractivity contribution in [1.29, 1.82) is 0 Å². The van der Waals surface area contributed by atoms with Crippen molar-refractivity contribution in [1.82, 2.24) is 14.5 Å². The summed E-state index contributed by atoms with van der Waals surface area (Å²) in [5.41, 5.74) is 2.72. The van der Waals surface area contributed by atoms with Crippen molar-refractivity contribution in [2.24, 2.45) is 0 Å². The molecule has 0 fully saturated rings. The Labute approximate surface area is 215 Å². The highest BCUT2D eigenvalue weighted by Crippen LogP contribution is 2.33. The van der Waals surface area contributed by atoms with Crippen LogP contribution in [-0.2, 0) is 11.2 Å². The monoisotopic (exact) mass is 499 g/mol. The van der Waals surface area contributed by atoms with E-state index in [1.165, 1.54) is 5.56 Å². The predicted molar refractivity (Wildman–Crippen MR) is 141 cm³/mol. The van der Waals surface area contributed by atoms with E-state index < -0.39 is 6.04 Å². The number of hydrogen-bond donors (Lipinski definition) is 0. The van der Waals surface area contributed by atoms with Gasteiger partial charge in [-0.2, -0.15) is 0 Å². The van der Waals surface area contributed by atoms with Crippen LogP contribution in [0, 0.1) is 0 Å². The smallest absolute Gasteiger partial charge is 0.266 e. The highest BCUT2D eigenvalue weighted by molar-refractivity contribution is 5.95. The van der Waals surface area contributed by atoms with Gasteiger partial charge in [0.15, 0.2) is 11.5 Å². The maximum absolute atomic E-state index is 13.8. The van der Waals surface area contributed by atoms with E-state index in [9.17, 15) is 9.59 Å². The molecule has 0 spiro atoms. The standard InChI is InChI=1S/C29H29N3O5/c1-4-20-9-12-22(13-10-20)32-27(30-24-8-6-5-7-23(24)29(32)34)19(2)31(15-16-35-3)28(33)21-11-14-25-26(17-21)37-18-36-25/h5-14,17,19H,4,15-16,18H2,1-3H3. The number of methoxy groups -OCH3 is 1. The molecule has 8 nitrogen and oxygen atoms in total. The lowest BCUT2D eigenvalue weighted by Gasteiger charge is -2.30. The summed E-state index contributed by atoms with van der Waals surface area (Å²) in [7, 11) is 1.59. The van der Waals surface area contributed by atoms with Crippen LogP contribution in [0.5, 0.6) is 11.5 Å². The van der Waals surface area contributed by atoms with Crippen LogP contribution in [0.15, 0.2) is 71.5 Å². The molecule has 5 rings (SSSR count). The summed E-state index contributed by atoms with van der Waals surface area (Å²) >= 11 is 0. The van der Waals surface area contributed by atoms with Gasteiger partial charge in [0.2, 0.25) is 6.79 Å². The summed E-state index contributed by atoms with van der Waals surface area (Å²) in [6.45, 7) is 4.72. The fraction of sp³-hybridized carbons (Fsp3) is 0.276. The van der Waals surface area contributed by atoms with Crippen molar-refractivity contribution in [3.05, 3.63) is 94.0 Å². The number of carbonyl (C=O) groups is 1. The molecule has 1 atom stereocenters. The average Bonchev–Trinajstić information content (AvgIpc) is 3.41. The van der Waals surface area contributed by atoms with Crippen LogP contribution in [0.3, 0.4) is 0 Å². The summed E-state index contributed by atoms with van der Waals surface area (Å²) in [6.07, 6.45) is 0.892. The van der Waals surface area contributed by atoms with E-state index in [0.29, 0.717) is 52.6 Å². The number of amides is 1. The molecular formula is C29H29N3O5. The van der Waals surface area contributed by atoms with E-state index in [0.717, 1.165) is 6.42 Å². The largest absolute Gasteiger partial charge is 0.454 e. The number of aromatic nitrogens is 2. The first-order valence-corrected chi connectivity index (χ1v) is 12.3. The van der Waals surface area contributed by atoms with Gasteiger partial charge < -0.3 is 19.1 Å². The Hall–Kier alpha value is -4.17. The van der Waals surface area contributed by atoms with Crippen molar-refractivity contribution in [2.45, 2.75) is 26.3 Å². The number of nitrogens with zero attached hydrogens (tertiary/aromatic N) is 3. The van der Waals surface area contributed by atoms with Gasteiger partial charge in [0.25, 0.3) is 11.5 Å². The predicted octanol–water partition coefficient (Wildman–Crippen LogP) is 4.53. The highest BCUT2D eigenvalue weighted by atomic mass is 16.7. The molecule has 1 aromatic heterocycles. The molecule has 0 bridgehead atoms. The molecule has 0 N–H and O–H groups in total. The van der Waals surface area contributed by atoms with E-state index in [1.54, 1.807) is 40.8 Å². The molecule has 37 heavy (non-hydrogen) atoms. The summed E-state index contributed by atoms with van der Waals surface area (Å²) < 4.78 is 17.8. The zero-order chi connectivity index (χ0) is 25.9. The van der Waals surface area contributed by atoms with Gasteiger partial charge in [-0.3, -0.25) is 14.2 Å². The molecule has 0 saturated carbocycles. The van der Waals surface area contributed by atoms with E-state index in [2.05, 4.69) is 6.92 Å². The molecule has 1 amide bonds.